The molecular weight excluding hydrogens is 525 g/mol. The van der Waals surface area contributed by atoms with E-state index in [-0.39, 0.29) is 29.6 Å². The minimum absolute atomic E-state index is 0.0508. The van der Waals surface area contributed by atoms with Crippen molar-refractivity contribution in [3.63, 3.8) is 0 Å². The average molecular weight is 541 g/mol. The number of thioether (sulfide) groups is 1. The molecule has 1 unspecified atom stereocenters. The number of anilines is 1. The molecule has 3 aromatic rings. The molecule has 0 aliphatic carbocycles. The minimum Gasteiger partial charge on any atom is -0.420 e. The van der Waals surface area contributed by atoms with Gasteiger partial charge >= 0.3 is 6.18 Å². The monoisotopic (exact) mass is 540 g/mol. The molecular formula is C20H16ClF3N8O3S. The van der Waals surface area contributed by atoms with Crippen LogP contribution in [0.1, 0.15) is 28.9 Å². The highest BCUT2D eigenvalue weighted by atomic mass is 35.5. The summed E-state index contributed by atoms with van der Waals surface area (Å²) in [4.78, 5) is 41.2. The van der Waals surface area contributed by atoms with E-state index in [0.29, 0.717) is 17.0 Å². The predicted molar refractivity (Wildman–Crippen MR) is 124 cm³/mol. The molecule has 0 radical (unpaired) electrons. The van der Waals surface area contributed by atoms with Gasteiger partial charge in [0.25, 0.3) is 11.8 Å². The lowest BCUT2D eigenvalue weighted by Crippen LogP contribution is -2.37. The van der Waals surface area contributed by atoms with Crippen molar-refractivity contribution in [2.45, 2.75) is 31.3 Å². The molecule has 11 nitrogen and oxygen atoms in total. The number of hydrogen-bond acceptors (Lipinski definition) is 10. The number of nitrogens with zero attached hydrogens (tertiary/aromatic N) is 6. The Morgan fingerprint density at radius 2 is 2.00 bits per heavy atom. The lowest BCUT2D eigenvalue weighted by Gasteiger charge is -2.15. The number of pyridine rings is 1. The second-order valence-electron chi connectivity index (χ2n) is 7.43. The Bertz CT molecular complexity index is 1350. The Morgan fingerprint density at radius 1 is 1.22 bits per heavy atom. The Kier molecular flexibility index (Phi) is 7.21. The molecule has 2 atom stereocenters. The van der Waals surface area contributed by atoms with Crippen LogP contribution in [0.2, 0.25) is 5.02 Å². The highest BCUT2D eigenvalue weighted by molar-refractivity contribution is 8.15. The number of aromatic nitrogens is 5. The number of aliphatic imine (C=N–C) groups is 1. The van der Waals surface area contributed by atoms with Crippen LogP contribution in [0.4, 0.5) is 19.0 Å². The number of rotatable bonds is 6. The van der Waals surface area contributed by atoms with Gasteiger partial charge < -0.3 is 15.1 Å². The van der Waals surface area contributed by atoms with E-state index < -0.39 is 39.9 Å². The van der Waals surface area contributed by atoms with Crippen molar-refractivity contribution in [3.05, 3.63) is 46.8 Å². The molecule has 16 heteroatoms. The van der Waals surface area contributed by atoms with Crippen molar-refractivity contribution in [1.82, 2.24) is 30.5 Å². The van der Waals surface area contributed by atoms with E-state index in [2.05, 4.69) is 40.8 Å². The van der Waals surface area contributed by atoms with Gasteiger partial charge in [-0.15, -0.1) is 10.2 Å². The van der Waals surface area contributed by atoms with Crippen LogP contribution >= 0.6 is 23.4 Å². The number of carbonyl (C=O) groups excluding carboxylic acids is 2. The van der Waals surface area contributed by atoms with Gasteiger partial charge in [0.05, 0.1) is 28.2 Å². The SMILES string of the molecule is Cc1nnc(-c2cc(C(=O)N[C@H](C)C3=NCC(C(=O)Nc4cc(C(F)(F)F)c(Cl)cn4)S3)ncn2)o1. The van der Waals surface area contributed by atoms with Gasteiger partial charge in [-0.05, 0) is 13.0 Å². The zero-order valence-corrected chi connectivity index (χ0v) is 20.1. The zero-order chi connectivity index (χ0) is 26.0. The topological polar surface area (TPSA) is 148 Å². The first-order chi connectivity index (χ1) is 17.0. The molecule has 0 fully saturated rings. The van der Waals surface area contributed by atoms with Crippen molar-refractivity contribution in [2.75, 3.05) is 11.9 Å². The van der Waals surface area contributed by atoms with Gasteiger partial charge in [-0.2, -0.15) is 13.2 Å². The van der Waals surface area contributed by atoms with E-state index in [1.807, 2.05) is 0 Å². The second kappa shape index (κ2) is 10.2. The number of halogens is 4. The Morgan fingerprint density at radius 3 is 2.69 bits per heavy atom. The van der Waals surface area contributed by atoms with E-state index in [9.17, 15) is 22.8 Å². The number of alkyl halides is 3. The van der Waals surface area contributed by atoms with Crippen LogP contribution in [-0.4, -0.2) is 59.8 Å². The molecule has 188 valence electrons. The fourth-order valence-electron chi connectivity index (χ4n) is 3.03. The Labute approximate surface area is 210 Å². The second-order valence-corrected chi connectivity index (χ2v) is 9.06. The number of aryl methyl sites for hydroxylation is 1. The molecule has 36 heavy (non-hydrogen) atoms. The molecule has 1 aliphatic rings. The summed E-state index contributed by atoms with van der Waals surface area (Å²) in [5.41, 5.74) is -0.781. The molecule has 1 aliphatic heterocycles. The lowest BCUT2D eigenvalue weighted by molar-refractivity contribution is -0.137. The molecule has 0 saturated heterocycles. The van der Waals surface area contributed by atoms with Gasteiger partial charge in [-0.25, -0.2) is 15.0 Å². The van der Waals surface area contributed by atoms with Gasteiger partial charge in [0.15, 0.2) is 0 Å². The summed E-state index contributed by atoms with van der Waals surface area (Å²) in [7, 11) is 0. The first kappa shape index (κ1) is 25.5. The Balaban J connectivity index is 1.35. The molecule has 2 N–H and O–H groups in total. The molecule has 0 spiro atoms. The number of amides is 2. The summed E-state index contributed by atoms with van der Waals surface area (Å²) in [5, 5.41) is 11.8. The summed E-state index contributed by atoms with van der Waals surface area (Å²) < 4.78 is 44.4. The molecule has 0 bridgehead atoms. The van der Waals surface area contributed by atoms with Crippen LogP contribution in [0.25, 0.3) is 11.6 Å². The van der Waals surface area contributed by atoms with E-state index >= 15 is 0 Å². The summed E-state index contributed by atoms with van der Waals surface area (Å²) in [5.74, 6) is -0.924. The van der Waals surface area contributed by atoms with Crippen molar-refractivity contribution < 1.29 is 27.2 Å². The highest BCUT2D eigenvalue weighted by Crippen LogP contribution is 2.35. The predicted octanol–water partition coefficient (Wildman–Crippen LogP) is 3.17. The molecule has 0 saturated carbocycles. The fraction of sp³-hybridized carbons (Fsp3) is 0.300. The summed E-state index contributed by atoms with van der Waals surface area (Å²) in [6.45, 7) is 3.36. The Hall–Kier alpha value is -3.59. The van der Waals surface area contributed by atoms with Gasteiger partial charge in [0.1, 0.15) is 28.8 Å². The smallest absolute Gasteiger partial charge is 0.418 e. The van der Waals surface area contributed by atoms with Crippen molar-refractivity contribution in [3.8, 4) is 11.6 Å². The van der Waals surface area contributed by atoms with Crippen LogP contribution in [0.15, 0.2) is 34.1 Å². The van der Waals surface area contributed by atoms with Crippen LogP contribution in [0, 0.1) is 6.92 Å². The maximum atomic E-state index is 13.0. The molecule has 4 heterocycles. The van der Waals surface area contributed by atoms with Crippen LogP contribution in [-0.2, 0) is 11.0 Å². The third-order valence-electron chi connectivity index (χ3n) is 4.74. The van der Waals surface area contributed by atoms with Gasteiger partial charge in [-0.3, -0.25) is 14.6 Å². The largest absolute Gasteiger partial charge is 0.420 e. The third kappa shape index (κ3) is 5.79. The van der Waals surface area contributed by atoms with Gasteiger partial charge in [-0.1, -0.05) is 23.4 Å². The van der Waals surface area contributed by atoms with Gasteiger partial charge in [0.2, 0.25) is 11.8 Å². The normalized spacial score (nSPS) is 16.4. The standard InChI is InChI=1S/C20H16ClF3N8O3S/c1-8(29-16(33)12-4-13(28-7-27-12)18-32-31-9(2)35-18)19-26-6-14(36-19)17(34)30-15-3-10(20(22,23)24)11(21)5-25-15/h3-5,7-8,14H,6H2,1-2H3,(H,29,33)(H,25,30,34)/t8-,14?/m1/s1. The molecule has 0 aromatic carbocycles. The number of carbonyl (C=O) groups is 2. The summed E-state index contributed by atoms with van der Waals surface area (Å²) in [6, 6.07) is 1.48. The first-order valence-electron chi connectivity index (χ1n) is 10.2. The van der Waals surface area contributed by atoms with Crippen molar-refractivity contribution >= 4 is 46.0 Å². The first-order valence-corrected chi connectivity index (χ1v) is 11.4. The van der Waals surface area contributed by atoms with E-state index in [0.717, 1.165) is 18.0 Å². The fourth-order valence-corrected chi connectivity index (χ4v) is 4.26. The summed E-state index contributed by atoms with van der Waals surface area (Å²) in [6.07, 6.45) is -2.69. The minimum atomic E-state index is -4.69. The van der Waals surface area contributed by atoms with Gasteiger partial charge in [0, 0.05) is 19.2 Å². The molecule has 4 rings (SSSR count). The lowest BCUT2D eigenvalue weighted by atomic mass is 10.2. The van der Waals surface area contributed by atoms with Crippen LogP contribution < -0.4 is 10.6 Å². The van der Waals surface area contributed by atoms with Crippen molar-refractivity contribution in [2.24, 2.45) is 4.99 Å². The molecule has 3 aromatic heterocycles. The maximum absolute atomic E-state index is 13.0. The highest BCUT2D eigenvalue weighted by Gasteiger charge is 2.35. The van der Waals surface area contributed by atoms with E-state index in [1.54, 1.807) is 13.8 Å². The van der Waals surface area contributed by atoms with E-state index in [4.69, 9.17) is 16.0 Å². The number of hydrogen-bond donors (Lipinski definition) is 2. The quantitative estimate of drug-likeness (QED) is 0.481. The van der Waals surface area contributed by atoms with Crippen molar-refractivity contribution in [1.29, 1.82) is 0 Å². The maximum Gasteiger partial charge on any atom is 0.418 e. The molecule has 2 amide bonds. The summed E-state index contributed by atoms with van der Waals surface area (Å²) >= 11 is 6.63. The third-order valence-corrected chi connectivity index (χ3v) is 6.42. The van der Waals surface area contributed by atoms with Crippen LogP contribution in [0.3, 0.4) is 0 Å². The average Bonchev–Trinajstić information content (AvgIpc) is 3.49. The zero-order valence-electron chi connectivity index (χ0n) is 18.5. The van der Waals surface area contributed by atoms with Crippen LogP contribution in [0.5, 0.6) is 0 Å². The van der Waals surface area contributed by atoms with E-state index in [1.165, 1.54) is 12.4 Å². The number of nitrogens with one attached hydrogen (secondary N) is 2.